The SMILES string of the molecule is COC(=O)[C@@H](C)Sc1n[nH]c(-c2ccccc2Br)n1. The molecule has 5 nitrogen and oxygen atoms in total. The molecule has 0 unspecified atom stereocenters. The lowest BCUT2D eigenvalue weighted by molar-refractivity contribution is -0.139. The number of carbonyl (C=O) groups is 1. The number of esters is 1. The van der Waals surface area contributed by atoms with E-state index in [-0.39, 0.29) is 11.2 Å². The van der Waals surface area contributed by atoms with Crippen molar-refractivity contribution >= 4 is 33.7 Å². The van der Waals surface area contributed by atoms with Crippen LogP contribution in [0.5, 0.6) is 0 Å². The summed E-state index contributed by atoms with van der Waals surface area (Å²) in [6.45, 7) is 1.75. The summed E-state index contributed by atoms with van der Waals surface area (Å²) < 4.78 is 5.60. The van der Waals surface area contributed by atoms with Crippen molar-refractivity contribution in [2.24, 2.45) is 0 Å². The number of rotatable bonds is 4. The average molecular weight is 342 g/mol. The van der Waals surface area contributed by atoms with Gasteiger partial charge in [-0.1, -0.05) is 45.9 Å². The zero-order valence-corrected chi connectivity index (χ0v) is 12.8. The molecule has 1 heterocycles. The van der Waals surface area contributed by atoms with E-state index in [0.717, 1.165) is 10.0 Å². The van der Waals surface area contributed by atoms with E-state index < -0.39 is 0 Å². The summed E-state index contributed by atoms with van der Waals surface area (Å²) in [4.78, 5) is 15.7. The summed E-state index contributed by atoms with van der Waals surface area (Å²) in [5.74, 6) is 0.365. The van der Waals surface area contributed by atoms with Gasteiger partial charge >= 0.3 is 5.97 Å². The largest absolute Gasteiger partial charge is 0.468 e. The van der Waals surface area contributed by atoms with Crippen LogP contribution in [0, 0.1) is 0 Å². The molecule has 1 N–H and O–H groups in total. The van der Waals surface area contributed by atoms with Crippen molar-refractivity contribution in [3.63, 3.8) is 0 Å². The quantitative estimate of drug-likeness (QED) is 0.684. The van der Waals surface area contributed by atoms with Crippen molar-refractivity contribution in [2.75, 3.05) is 7.11 Å². The fourth-order valence-electron chi connectivity index (χ4n) is 1.45. The number of halogens is 1. The molecule has 0 saturated heterocycles. The Labute approximate surface area is 123 Å². The van der Waals surface area contributed by atoms with Crippen LogP contribution in [-0.2, 0) is 9.53 Å². The van der Waals surface area contributed by atoms with Gasteiger partial charge in [0.05, 0.1) is 7.11 Å². The van der Waals surface area contributed by atoms with Crippen molar-refractivity contribution in [3.8, 4) is 11.4 Å². The summed E-state index contributed by atoms with van der Waals surface area (Å²) in [5, 5.41) is 7.13. The summed E-state index contributed by atoms with van der Waals surface area (Å²) in [5.41, 5.74) is 0.924. The fourth-order valence-corrected chi connectivity index (χ4v) is 2.67. The Morgan fingerprint density at radius 1 is 1.47 bits per heavy atom. The standard InChI is InChI=1S/C12H12BrN3O2S/c1-7(11(17)18-2)19-12-14-10(15-16-12)8-5-3-4-6-9(8)13/h3-7H,1-2H3,(H,14,15,16)/t7-/m1/s1. The summed E-state index contributed by atoms with van der Waals surface area (Å²) in [6, 6.07) is 7.72. The predicted molar refractivity (Wildman–Crippen MR) is 76.9 cm³/mol. The molecule has 0 amide bonds. The van der Waals surface area contributed by atoms with E-state index in [1.807, 2.05) is 24.3 Å². The molecular formula is C12H12BrN3O2S. The van der Waals surface area contributed by atoms with Crippen LogP contribution in [0.15, 0.2) is 33.9 Å². The molecule has 0 aliphatic heterocycles. The molecule has 0 radical (unpaired) electrons. The molecule has 0 bridgehead atoms. The number of H-pyrrole nitrogens is 1. The molecule has 0 fully saturated rings. The molecule has 0 saturated carbocycles. The first-order valence-corrected chi connectivity index (χ1v) is 7.21. The number of thioether (sulfide) groups is 1. The Morgan fingerprint density at radius 3 is 2.89 bits per heavy atom. The highest BCUT2D eigenvalue weighted by atomic mass is 79.9. The van der Waals surface area contributed by atoms with Crippen molar-refractivity contribution in [1.29, 1.82) is 0 Å². The van der Waals surface area contributed by atoms with Crippen LogP contribution >= 0.6 is 27.7 Å². The molecule has 1 aromatic carbocycles. The van der Waals surface area contributed by atoms with E-state index in [0.29, 0.717) is 11.0 Å². The van der Waals surface area contributed by atoms with Crippen LogP contribution in [0.25, 0.3) is 11.4 Å². The molecular weight excluding hydrogens is 330 g/mol. The van der Waals surface area contributed by atoms with E-state index in [1.54, 1.807) is 6.92 Å². The molecule has 2 rings (SSSR count). The first-order chi connectivity index (χ1) is 9.11. The molecule has 7 heteroatoms. The van der Waals surface area contributed by atoms with Crippen LogP contribution in [-0.4, -0.2) is 33.5 Å². The molecule has 19 heavy (non-hydrogen) atoms. The van der Waals surface area contributed by atoms with E-state index >= 15 is 0 Å². The summed E-state index contributed by atoms with van der Waals surface area (Å²) in [6.07, 6.45) is 0. The second-order valence-electron chi connectivity index (χ2n) is 3.73. The first-order valence-electron chi connectivity index (χ1n) is 5.53. The zero-order chi connectivity index (χ0) is 13.8. The molecule has 100 valence electrons. The highest BCUT2D eigenvalue weighted by molar-refractivity contribution is 9.10. The lowest BCUT2D eigenvalue weighted by atomic mass is 10.2. The molecule has 2 aromatic rings. The summed E-state index contributed by atoms with van der Waals surface area (Å²) in [7, 11) is 1.36. The Morgan fingerprint density at radius 2 is 2.21 bits per heavy atom. The fraction of sp³-hybridized carbons (Fsp3) is 0.250. The zero-order valence-electron chi connectivity index (χ0n) is 10.4. The number of hydrogen-bond acceptors (Lipinski definition) is 5. The van der Waals surface area contributed by atoms with E-state index in [9.17, 15) is 4.79 Å². The third-order valence-corrected chi connectivity index (χ3v) is 4.04. The number of aromatic amines is 1. The van der Waals surface area contributed by atoms with Crippen LogP contribution in [0.1, 0.15) is 6.92 Å². The van der Waals surface area contributed by atoms with Gasteiger partial charge in [-0.15, -0.1) is 5.10 Å². The molecule has 0 spiro atoms. The van der Waals surface area contributed by atoms with Crippen LogP contribution in [0.2, 0.25) is 0 Å². The van der Waals surface area contributed by atoms with Crippen molar-refractivity contribution in [2.45, 2.75) is 17.3 Å². The average Bonchev–Trinajstić information content (AvgIpc) is 2.86. The number of hydrogen-bond donors (Lipinski definition) is 1. The Kier molecular flexibility index (Phi) is 4.60. The monoisotopic (exact) mass is 341 g/mol. The first kappa shape index (κ1) is 14.1. The minimum Gasteiger partial charge on any atom is -0.468 e. The van der Waals surface area contributed by atoms with Crippen molar-refractivity contribution in [1.82, 2.24) is 15.2 Å². The van der Waals surface area contributed by atoms with E-state index in [4.69, 9.17) is 0 Å². The minimum atomic E-state index is -0.340. The number of nitrogens with zero attached hydrogens (tertiary/aromatic N) is 2. The lowest BCUT2D eigenvalue weighted by Gasteiger charge is -2.04. The van der Waals surface area contributed by atoms with Gasteiger partial charge in [-0.3, -0.25) is 9.89 Å². The third kappa shape index (κ3) is 3.36. The number of aromatic nitrogens is 3. The van der Waals surface area contributed by atoms with Crippen LogP contribution in [0.4, 0.5) is 0 Å². The van der Waals surface area contributed by atoms with Gasteiger partial charge < -0.3 is 4.74 Å². The molecule has 0 aliphatic rings. The number of methoxy groups -OCH3 is 1. The van der Waals surface area contributed by atoms with Crippen LogP contribution in [0.3, 0.4) is 0 Å². The summed E-state index contributed by atoms with van der Waals surface area (Å²) >= 11 is 4.71. The van der Waals surface area contributed by atoms with E-state index in [2.05, 4.69) is 35.8 Å². The van der Waals surface area contributed by atoms with Gasteiger partial charge in [0.1, 0.15) is 5.25 Å². The maximum atomic E-state index is 11.3. The molecule has 1 aromatic heterocycles. The smallest absolute Gasteiger partial charge is 0.318 e. The van der Waals surface area contributed by atoms with Crippen molar-refractivity contribution < 1.29 is 9.53 Å². The Bertz CT molecular complexity index is 588. The minimum absolute atomic E-state index is 0.294. The van der Waals surface area contributed by atoms with E-state index in [1.165, 1.54) is 18.9 Å². The van der Waals surface area contributed by atoms with Crippen molar-refractivity contribution in [3.05, 3.63) is 28.7 Å². The van der Waals surface area contributed by atoms with Gasteiger partial charge in [-0.2, -0.15) is 0 Å². The number of ether oxygens (including phenoxy) is 1. The molecule has 0 aliphatic carbocycles. The van der Waals surface area contributed by atoms with Gasteiger partial charge in [0.2, 0.25) is 5.16 Å². The maximum absolute atomic E-state index is 11.3. The normalized spacial score (nSPS) is 12.2. The Hall–Kier alpha value is -1.34. The number of carbonyl (C=O) groups excluding carboxylic acids is 1. The third-order valence-electron chi connectivity index (χ3n) is 2.41. The second kappa shape index (κ2) is 6.21. The highest BCUT2D eigenvalue weighted by Crippen LogP contribution is 2.27. The van der Waals surface area contributed by atoms with Gasteiger partial charge in [-0.25, -0.2) is 4.98 Å². The molecule has 1 atom stereocenters. The second-order valence-corrected chi connectivity index (χ2v) is 5.89. The highest BCUT2D eigenvalue weighted by Gasteiger charge is 2.18. The Balaban J connectivity index is 2.16. The predicted octanol–water partition coefficient (Wildman–Crippen LogP) is 2.89. The maximum Gasteiger partial charge on any atom is 0.318 e. The van der Waals surface area contributed by atoms with Gasteiger partial charge in [0, 0.05) is 10.0 Å². The number of benzene rings is 1. The van der Waals surface area contributed by atoms with Gasteiger partial charge in [0.25, 0.3) is 0 Å². The number of nitrogens with one attached hydrogen (secondary N) is 1. The topological polar surface area (TPSA) is 67.9 Å². The van der Waals surface area contributed by atoms with Gasteiger partial charge in [-0.05, 0) is 13.0 Å². The van der Waals surface area contributed by atoms with Gasteiger partial charge in [0.15, 0.2) is 5.82 Å². The van der Waals surface area contributed by atoms with Crippen LogP contribution < -0.4 is 0 Å². The lowest BCUT2D eigenvalue weighted by Crippen LogP contribution is -2.14.